The second-order valence-electron chi connectivity index (χ2n) is 6.23. The van der Waals surface area contributed by atoms with Gasteiger partial charge in [0.2, 0.25) is 5.91 Å². The van der Waals surface area contributed by atoms with Crippen molar-refractivity contribution >= 4 is 16.8 Å². The number of rotatable bonds is 5. The molecule has 0 fully saturated rings. The van der Waals surface area contributed by atoms with E-state index in [0.29, 0.717) is 23.1 Å². The molecular formula is C19H21N5O2. The number of benzene rings is 1. The molecule has 0 radical (unpaired) electrons. The van der Waals surface area contributed by atoms with Crippen molar-refractivity contribution in [2.24, 2.45) is 0 Å². The number of carbonyl (C=O) groups is 1. The first-order chi connectivity index (χ1) is 12.4. The summed E-state index contributed by atoms with van der Waals surface area (Å²) >= 11 is 0. The van der Waals surface area contributed by atoms with Crippen LogP contribution in [0.5, 0.6) is 0 Å². The summed E-state index contributed by atoms with van der Waals surface area (Å²) in [6.45, 7) is 9.59. The summed E-state index contributed by atoms with van der Waals surface area (Å²) in [5, 5.41) is 12.0. The van der Waals surface area contributed by atoms with Crippen LogP contribution >= 0.6 is 0 Å². The first-order valence-electron chi connectivity index (χ1n) is 8.33. The van der Waals surface area contributed by atoms with Crippen molar-refractivity contribution in [3.05, 3.63) is 64.2 Å². The van der Waals surface area contributed by atoms with Gasteiger partial charge in [0.1, 0.15) is 12.1 Å². The molecule has 0 aliphatic carbocycles. The van der Waals surface area contributed by atoms with Crippen molar-refractivity contribution in [2.45, 2.75) is 27.3 Å². The molecule has 0 unspecified atom stereocenters. The fourth-order valence-corrected chi connectivity index (χ4v) is 2.76. The van der Waals surface area contributed by atoms with Crippen LogP contribution in [0.1, 0.15) is 16.8 Å². The van der Waals surface area contributed by atoms with Crippen LogP contribution in [0.25, 0.3) is 16.6 Å². The van der Waals surface area contributed by atoms with Crippen LogP contribution in [0.4, 0.5) is 0 Å². The van der Waals surface area contributed by atoms with Gasteiger partial charge in [-0.3, -0.25) is 9.59 Å². The Labute approximate surface area is 150 Å². The number of amides is 1. The fourth-order valence-electron chi connectivity index (χ4n) is 2.76. The van der Waals surface area contributed by atoms with E-state index in [-0.39, 0.29) is 18.0 Å². The van der Waals surface area contributed by atoms with Crippen LogP contribution in [-0.2, 0) is 11.3 Å². The Balaban J connectivity index is 2.12. The molecule has 2 heterocycles. The number of carbonyl (C=O) groups excluding carboxylic acids is 1. The average Bonchev–Trinajstić information content (AvgIpc) is 3.06. The summed E-state index contributed by atoms with van der Waals surface area (Å²) in [4.78, 5) is 24.9. The maximum atomic E-state index is 12.9. The lowest BCUT2D eigenvalue weighted by Crippen LogP contribution is -2.34. The molecular weight excluding hydrogens is 330 g/mol. The first kappa shape index (κ1) is 17.6. The van der Waals surface area contributed by atoms with E-state index in [1.807, 2.05) is 32.0 Å². The van der Waals surface area contributed by atoms with Crippen molar-refractivity contribution in [1.82, 2.24) is 24.9 Å². The zero-order valence-electron chi connectivity index (χ0n) is 15.1. The minimum absolute atomic E-state index is 0.151. The maximum absolute atomic E-state index is 12.9. The third-order valence-electron chi connectivity index (χ3n) is 4.34. The van der Waals surface area contributed by atoms with Gasteiger partial charge in [0.15, 0.2) is 0 Å². The molecule has 1 N–H and O–H groups in total. The van der Waals surface area contributed by atoms with Gasteiger partial charge in [-0.2, -0.15) is 10.2 Å². The molecule has 3 rings (SSSR count). The fraction of sp³-hybridized carbons (Fsp3) is 0.263. The number of hydrogen-bond acceptors (Lipinski definition) is 4. The zero-order valence-corrected chi connectivity index (χ0v) is 15.1. The minimum Gasteiger partial charge on any atom is -0.351 e. The van der Waals surface area contributed by atoms with Gasteiger partial charge in [0, 0.05) is 11.9 Å². The zero-order chi connectivity index (χ0) is 18.8. The van der Waals surface area contributed by atoms with Gasteiger partial charge in [-0.15, -0.1) is 6.58 Å². The molecule has 2 aromatic heterocycles. The second kappa shape index (κ2) is 6.95. The van der Waals surface area contributed by atoms with Gasteiger partial charge in [0.25, 0.3) is 5.56 Å². The van der Waals surface area contributed by atoms with Crippen LogP contribution in [0.3, 0.4) is 0 Å². The molecule has 26 heavy (non-hydrogen) atoms. The lowest BCUT2D eigenvalue weighted by atomic mass is 10.1. The van der Waals surface area contributed by atoms with Gasteiger partial charge in [-0.1, -0.05) is 12.1 Å². The van der Waals surface area contributed by atoms with Crippen molar-refractivity contribution in [3.63, 3.8) is 0 Å². The monoisotopic (exact) mass is 351 g/mol. The predicted octanol–water partition coefficient (Wildman–Crippen LogP) is 1.81. The molecule has 0 saturated heterocycles. The summed E-state index contributed by atoms with van der Waals surface area (Å²) in [5.74, 6) is -0.296. The Kier molecular flexibility index (Phi) is 4.71. The summed E-state index contributed by atoms with van der Waals surface area (Å²) in [5.41, 5.74) is 3.78. The Morgan fingerprint density at radius 2 is 2.04 bits per heavy atom. The molecule has 7 nitrogen and oxygen atoms in total. The maximum Gasteiger partial charge on any atom is 0.293 e. The van der Waals surface area contributed by atoms with Crippen molar-refractivity contribution in [3.8, 4) is 5.69 Å². The van der Waals surface area contributed by atoms with E-state index in [1.165, 1.54) is 10.2 Å². The predicted molar refractivity (Wildman–Crippen MR) is 101 cm³/mol. The van der Waals surface area contributed by atoms with Gasteiger partial charge in [0.05, 0.1) is 17.6 Å². The molecule has 0 aliphatic rings. The quantitative estimate of drug-likeness (QED) is 0.711. The van der Waals surface area contributed by atoms with Crippen molar-refractivity contribution in [1.29, 1.82) is 0 Å². The van der Waals surface area contributed by atoms with Gasteiger partial charge in [-0.25, -0.2) is 9.36 Å². The number of aryl methyl sites for hydroxylation is 3. The van der Waals surface area contributed by atoms with E-state index in [2.05, 4.69) is 22.1 Å². The normalized spacial score (nSPS) is 10.9. The van der Waals surface area contributed by atoms with Crippen molar-refractivity contribution < 1.29 is 4.79 Å². The summed E-state index contributed by atoms with van der Waals surface area (Å²) in [6, 6.07) is 5.90. The lowest BCUT2D eigenvalue weighted by molar-refractivity contribution is -0.121. The molecule has 0 aliphatic heterocycles. The molecule has 0 atom stereocenters. The van der Waals surface area contributed by atoms with E-state index in [4.69, 9.17) is 0 Å². The van der Waals surface area contributed by atoms with Gasteiger partial charge in [-0.05, 0) is 44.0 Å². The average molecular weight is 351 g/mol. The van der Waals surface area contributed by atoms with Crippen molar-refractivity contribution in [2.75, 3.05) is 6.54 Å². The Morgan fingerprint density at radius 3 is 2.73 bits per heavy atom. The van der Waals surface area contributed by atoms with E-state index in [9.17, 15) is 9.59 Å². The Bertz CT molecular complexity index is 1060. The van der Waals surface area contributed by atoms with Crippen LogP contribution in [-0.4, -0.2) is 32.0 Å². The third kappa shape index (κ3) is 3.15. The number of nitrogens with zero attached hydrogens (tertiary/aromatic N) is 4. The molecule has 0 bridgehead atoms. The van der Waals surface area contributed by atoms with Gasteiger partial charge >= 0.3 is 0 Å². The molecule has 7 heteroatoms. The Hall–Kier alpha value is -3.22. The standard InChI is InChI=1S/C19H21N5O2/c1-5-8-20-17(25)11-23-19(26)18-16(14(4)22-23)10-21-24(18)15-7-6-12(2)13(3)9-15/h5-7,9-10H,1,8,11H2,2-4H3,(H,20,25). The van der Waals surface area contributed by atoms with E-state index in [1.54, 1.807) is 23.9 Å². The topological polar surface area (TPSA) is 81.8 Å². The second-order valence-corrected chi connectivity index (χ2v) is 6.23. The molecule has 0 saturated carbocycles. The first-order valence-corrected chi connectivity index (χ1v) is 8.33. The highest BCUT2D eigenvalue weighted by atomic mass is 16.2. The van der Waals surface area contributed by atoms with E-state index in [0.717, 1.165) is 11.3 Å². The van der Waals surface area contributed by atoms with E-state index < -0.39 is 0 Å². The van der Waals surface area contributed by atoms with Crippen LogP contribution < -0.4 is 10.9 Å². The van der Waals surface area contributed by atoms with Gasteiger partial charge < -0.3 is 5.32 Å². The van der Waals surface area contributed by atoms with Crippen LogP contribution in [0.2, 0.25) is 0 Å². The third-order valence-corrected chi connectivity index (χ3v) is 4.34. The summed E-state index contributed by atoms with van der Waals surface area (Å²) in [6.07, 6.45) is 3.22. The van der Waals surface area contributed by atoms with Crippen LogP contribution in [0.15, 0.2) is 41.8 Å². The largest absolute Gasteiger partial charge is 0.351 e. The van der Waals surface area contributed by atoms with Crippen LogP contribution in [0, 0.1) is 20.8 Å². The smallest absolute Gasteiger partial charge is 0.293 e. The molecule has 3 aromatic rings. The summed E-state index contributed by atoms with van der Waals surface area (Å²) in [7, 11) is 0. The Morgan fingerprint density at radius 1 is 1.27 bits per heavy atom. The highest BCUT2D eigenvalue weighted by molar-refractivity contribution is 5.82. The molecule has 1 aromatic carbocycles. The highest BCUT2D eigenvalue weighted by Crippen LogP contribution is 2.19. The summed E-state index contributed by atoms with van der Waals surface area (Å²) < 4.78 is 2.78. The minimum atomic E-state index is -0.352. The number of nitrogens with one attached hydrogen (secondary N) is 1. The lowest BCUT2D eigenvalue weighted by Gasteiger charge is -2.09. The molecule has 1 amide bonds. The highest BCUT2D eigenvalue weighted by Gasteiger charge is 2.16. The molecule has 0 spiro atoms. The number of fused-ring (bicyclic) bond motifs is 1. The number of aromatic nitrogens is 4. The molecule has 134 valence electrons. The SMILES string of the molecule is C=CCNC(=O)Cn1nc(C)c2cnn(-c3ccc(C)c(C)c3)c2c1=O. The van der Waals surface area contributed by atoms with E-state index >= 15 is 0 Å². The number of hydrogen-bond donors (Lipinski definition) is 1.